The Morgan fingerprint density at radius 2 is 0.840 bits per heavy atom. The van der Waals surface area contributed by atoms with Crippen molar-refractivity contribution < 1.29 is 73.5 Å². The van der Waals surface area contributed by atoms with E-state index in [9.17, 15) is 45.6 Å². The molecule has 0 unspecified atom stereocenters. The van der Waals surface area contributed by atoms with E-state index in [1.165, 1.54) is 33.7 Å². The zero-order chi connectivity index (χ0) is 66.8. The molecule has 4 N–H and O–H groups in total. The second kappa shape index (κ2) is 28.5. The number of hydrogen-bond donors (Lipinski definition) is 4. The number of ether oxygens (including phenoxy) is 6. The molecule has 0 fully saturated rings. The number of pyridine rings is 6. The lowest BCUT2D eigenvalue weighted by atomic mass is 9.92. The average Bonchev–Trinajstić information content (AvgIpc) is 0.780. The van der Waals surface area contributed by atoms with Crippen LogP contribution in [0.25, 0.3) is 33.2 Å². The number of Topliss-reactive ketones (excluding diaryl/α,β-unsaturated/α-hetero) is 2. The lowest BCUT2D eigenvalue weighted by Gasteiger charge is -2.21. The van der Waals surface area contributed by atoms with Gasteiger partial charge in [0.25, 0.3) is 43.2 Å². The summed E-state index contributed by atoms with van der Waals surface area (Å²) in [4.78, 5) is 96.6. The lowest BCUT2D eigenvalue weighted by Crippen LogP contribution is -2.33. The number of methoxy groups -OCH3 is 4. The van der Waals surface area contributed by atoms with Crippen LogP contribution in [0.2, 0.25) is 0 Å². The van der Waals surface area contributed by atoms with E-state index in [0.29, 0.717) is 140 Å². The summed E-state index contributed by atoms with van der Waals surface area (Å²) in [6, 6.07) is 37.8. The first-order valence-corrected chi connectivity index (χ1v) is 31.9. The molecule has 0 spiro atoms. The molecule has 10 aromatic rings. The number of nitrogens with zero attached hydrogens (tertiary/aromatic N) is 6. The van der Waals surface area contributed by atoms with Gasteiger partial charge in [0.1, 0.15) is 45.8 Å². The predicted molar refractivity (Wildman–Crippen MR) is 346 cm³/mol. The summed E-state index contributed by atoms with van der Waals surface area (Å²) in [6.07, 6.45) is 9.36. The van der Waals surface area contributed by atoms with Gasteiger partial charge in [0.05, 0.1) is 63.4 Å². The van der Waals surface area contributed by atoms with Gasteiger partial charge in [-0.1, -0.05) is 36.4 Å². The van der Waals surface area contributed by atoms with Crippen molar-refractivity contribution in [3.05, 3.63) is 213 Å². The topological polar surface area (TPSA) is 352 Å². The van der Waals surface area contributed by atoms with Gasteiger partial charge < -0.3 is 39.1 Å². The minimum absolute atomic E-state index is 0.0886. The Balaban J connectivity index is 0.000000179. The van der Waals surface area contributed by atoms with Crippen molar-refractivity contribution in [2.45, 2.75) is 38.5 Å². The molecule has 0 saturated heterocycles. The van der Waals surface area contributed by atoms with E-state index in [1.54, 1.807) is 150 Å². The van der Waals surface area contributed by atoms with Gasteiger partial charge in [-0.05, 0) is 111 Å². The van der Waals surface area contributed by atoms with Gasteiger partial charge in [0.15, 0.2) is 34.6 Å². The minimum atomic E-state index is -4.30. The van der Waals surface area contributed by atoms with Crippen LogP contribution in [0.4, 0.5) is 11.6 Å². The molecule has 0 saturated carbocycles. The summed E-state index contributed by atoms with van der Waals surface area (Å²) in [5.41, 5.74) is 3.29. The number of para-hydroxylation sites is 2. The molecule has 28 heteroatoms. The summed E-state index contributed by atoms with van der Waals surface area (Å²) >= 11 is 0. The van der Waals surface area contributed by atoms with Gasteiger partial charge in [-0.3, -0.25) is 57.0 Å². The highest BCUT2D eigenvalue weighted by Crippen LogP contribution is 2.39. The van der Waals surface area contributed by atoms with E-state index < -0.39 is 54.7 Å². The van der Waals surface area contributed by atoms with E-state index in [-0.39, 0.29) is 34.3 Å². The third kappa shape index (κ3) is 15.2. The second-order valence-electron chi connectivity index (χ2n) is 20.9. The Morgan fingerprint density at radius 3 is 1.18 bits per heavy atom. The molecule has 2 aliphatic carbocycles. The minimum Gasteiger partial charge on any atom is -0.493 e. The molecule has 0 bridgehead atoms. The Bertz CT molecular complexity index is 4610. The average molecular weight is 1320 g/mol. The van der Waals surface area contributed by atoms with Crippen molar-refractivity contribution in [1.29, 1.82) is 0 Å². The number of rotatable bonds is 17. The fourth-order valence-electron chi connectivity index (χ4n) is 10.3. The second-order valence-corrected chi connectivity index (χ2v) is 24.0. The van der Waals surface area contributed by atoms with Gasteiger partial charge >= 0.3 is 0 Å². The number of nitrogens with one attached hydrogen (secondary N) is 2. The van der Waals surface area contributed by atoms with Crippen molar-refractivity contribution in [2.24, 2.45) is 0 Å². The molecular weight excluding hydrogens is 1260 g/mol. The van der Waals surface area contributed by atoms with Crippen LogP contribution in [0, 0.1) is 0 Å². The first kappa shape index (κ1) is 65.7. The van der Waals surface area contributed by atoms with Crippen LogP contribution < -0.4 is 50.2 Å². The Kier molecular flexibility index (Phi) is 20.0. The SMILES string of the molecule is COc1cc2nccc(Oc3ccc(NC(=O)c4cc5c(n(-c6ccccc6)c4=O)CCCC5=O)nc3)c2cc1OC.COc1cc2nccc(Oc3ccc(NC(=O)c4cc5c(n(-c6ccccc6)c4=O)CCCC5=O)nc3)c2cc1OC.O=S(=O)(O)CCS(=O)(=O)O. The Labute approximate surface area is 536 Å². The van der Waals surface area contributed by atoms with Crippen LogP contribution in [0.5, 0.6) is 46.0 Å². The highest BCUT2D eigenvalue weighted by Gasteiger charge is 2.29. The number of aromatic nitrogens is 6. The molecule has 2 amide bonds. The maximum absolute atomic E-state index is 13.6. The Hall–Kier alpha value is -11.2. The number of benzene rings is 4. The van der Waals surface area contributed by atoms with E-state index in [1.807, 2.05) is 12.1 Å². The fraction of sp³-hybridized carbons (Fsp3) is 0.182. The molecule has 94 heavy (non-hydrogen) atoms. The summed E-state index contributed by atoms with van der Waals surface area (Å²) in [5.74, 6) is 1.04. The van der Waals surface area contributed by atoms with Crippen molar-refractivity contribution in [3.63, 3.8) is 0 Å². The summed E-state index contributed by atoms with van der Waals surface area (Å²) < 4.78 is 92.0. The van der Waals surface area contributed by atoms with Crippen molar-refractivity contribution in [1.82, 2.24) is 29.1 Å². The van der Waals surface area contributed by atoms with Crippen LogP contribution in [0.15, 0.2) is 168 Å². The molecule has 0 atom stereocenters. The van der Waals surface area contributed by atoms with E-state index >= 15 is 0 Å². The van der Waals surface area contributed by atoms with Gasteiger partial charge in [-0.2, -0.15) is 16.8 Å². The number of fused-ring (bicyclic) bond motifs is 4. The number of amides is 2. The molecule has 0 radical (unpaired) electrons. The fourth-order valence-corrected chi connectivity index (χ4v) is 12.0. The highest BCUT2D eigenvalue weighted by molar-refractivity contribution is 7.89. The third-order valence-electron chi connectivity index (χ3n) is 14.8. The van der Waals surface area contributed by atoms with Crippen LogP contribution in [0.1, 0.15) is 78.5 Å². The standard InChI is InChI=1S/2C32H26N4O6.C2H6O6S2/c2*1-40-28-16-21-24(17-29(28)41-2)33-14-13-27(21)42-20-11-12-30(34-18-20)35-31(38)23-15-22-25(9-6-10-26(22)37)36(32(23)39)19-7-4-3-5-8-19;3-9(4,5)1-2-10(6,7)8/h2*3-5,7-8,11-18H,6,9-10H2,1-2H3,(H,34,35,38);1-2H2,(H,3,4,5)(H,6,7,8). The zero-order valence-corrected chi connectivity index (χ0v) is 52.2. The van der Waals surface area contributed by atoms with Crippen LogP contribution in [-0.2, 0) is 33.1 Å². The van der Waals surface area contributed by atoms with Gasteiger partial charge in [0, 0.05) is 82.0 Å². The van der Waals surface area contributed by atoms with Crippen molar-refractivity contribution >= 4 is 77.1 Å². The summed E-state index contributed by atoms with van der Waals surface area (Å²) in [6.45, 7) is 0. The highest BCUT2D eigenvalue weighted by atomic mass is 32.2. The summed E-state index contributed by atoms with van der Waals surface area (Å²) in [7, 11) is -2.38. The van der Waals surface area contributed by atoms with Crippen molar-refractivity contribution in [3.8, 4) is 57.4 Å². The van der Waals surface area contributed by atoms with E-state index in [0.717, 1.165) is 0 Å². The number of anilines is 2. The van der Waals surface area contributed by atoms with Crippen LogP contribution in [-0.4, -0.2) is 118 Å². The largest absolute Gasteiger partial charge is 0.493 e. The molecule has 6 heterocycles. The van der Waals surface area contributed by atoms with Gasteiger partial charge in [-0.15, -0.1) is 0 Å². The maximum atomic E-state index is 13.6. The quantitative estimate of drug-likeness (QED) is 0.0616. The maximum Gasteiger partial charge on any atom is 0.268 e. The smallest absolute Gasteiger partial charge is 0.268 e. The van der Waals surface area contributed by atoms with E-state index in [4.69, 9.17) is 37.5 Å². The third-order valence-corrected chi connectivity index (χ3v) is 16.5. The molecule has 6 aromatic heterocycles. The number of carbonyl (C=O) groups is 4. The molecule has 4 aromatic carbocycles. The molecule has 0 aliphatic heterocycles. The lowest BCUT2D eigenvalue weighted by molar-refractivity contribution is 0.0961. The Morgan fingerprint density at radius 1 is 0.468 bits per heavy atom. The normalized spacial score (nSPS) is 12.6. The number of ketones is 2. The summed E-state index contributed by atoms with van der Waals surface area (Å²) in [5, 5.41) is 6.78. The molecule has 12 rings (SSSR count). The monoisotopic (exact) mass is 1310 g/mol. The molecule has 2 aliphatic rings. The van der Waals surface area contributed by atoms with Crippen LogP contribution >= 0.6 is 0 Å². The number of carbonyl (C=O) groups excluding carboxylic acids is 4. The van der Waals surface area contributed by atoms with Gasteiger partial charge in [0.2, 0.25) is 0 Å². The first-order valence-electron chi connectivity index (χ1n) is 28.7. The number of hydrogen-bond acceptors (Lipinski definition) is 20. The van der Waals surface area contributed by atoms with Crippen LogP contribution in [0.3, 0.4) is 0 Å². The first-order chi connectivity index (χ1) is 45.1. The molecular formula is C66H58N8O18S2. The molecule has 482 valence electrons. The predicted octanol–water partition coefficient (Wildman–Crippen LogP) is 9.49. The zero-order valence-electron chi connectivity index (χ0n) is 50.6. The molecule has 26 nitrogen and oxygen atoms in total. The van der Waals surface area contributed by atoms with E-state index in [2.05, 4.69) is 30.6 Å². The van der Waals surface area contributed by atoms with Gasteiger partial charge in [-0.25, -0.2) is 9.97 Å². The van der Waals surface area contributed by atoms with Crippen molar-refractivity contribution in [2.75, 3.05) is 50.6 Å².